The molecule has 0 aliphatic carbocycles. The molecule has 0 aliphatic rings. The summed E-state index contributed by atoms with van der Waals surface area (Å²) in [6.07, 6.45) is -0.341. The van der Waals surface area contributed by atoms with Gasteiger partial charge < -0.3 is 25.4 Å². The highest BCUT2D eigenvalue weighted by Gasteiger charge is 2.35. The molecule has 10 nitrogen and oxygen atoms in total. The molecule has 0 bridgehead atoms. The van der Waals surface area contributed by atoms with Gasteiger partial charge in [-0.3, -0.25) is 9.59 Å². The predicted octanol–water partition coefficient (Wildman–Crippen LogP) is 5.63. The molecule has 4 atom stereocenters. The van der Waals surface area contributed by atoms with Crippen LogP contribution in [0.15, 0.2) is 121 Å². The summed E-state index contributed by atoms with van der Waals surface area (Å²) in [5, 5.41) is 8.96. The zero-order chi connectivity index (χ0) is 36.4. The second kappa shape index (κ2) is 20.2. The fourth-order valence-corrected chi connectivity index (χ4v) is 5.54. The van der Waals surface area contributed by atoms with Crippen LogP contribution in [0.4, 0.5) is 9.59 Å². The molecule has 3 N–H and O–H groups in total. The Labute approximate surface area is 299 Å². The van der Waals surface area contributed by atoms with Crippen LogP contribution in [0.5, 0.6) is 0 Å². The molecule has 3 amide bonds. The van der Waals surface area contributed by atoms with E-state index in [0.717, 1.165) is 26.8 Å². The van der Waals surface area contributed by atoms with Crippen molar-refractivity contribution < 1.29 is 33.2 Å². The minimum atomic E-state index is -0.869. The van der Waals surface area contributed by atoms with Crippen molar-refractivity contribution in [3.05, 3.63) is 144 Å². The number of ketones is 1. The average molecular weight is 692 g/mol. The van der Waals surface area contributed by atoms with E-state index < -0.39 is 24.3 Å². The average Bonchev–Trinajstić information content (AvgIpc) is 3.15. The first-order chi connectivity index (χ1) is 24.7. The van der Waals surface area contributed by atoms with Gasteiger partial charge >= 0.3 is 12.2 Å². The molecule has 10 heteroatoms. The number of hydrogen-bond donors (Lipinski definition) is 3. The number of hydrogen-bond acceptors (Lipinski definition) is 7. The lowest BCUT2D eigenvalue weighted by Crippen LogP contribution is -2.51. The quantitative estimate of drug-likeness (QED) is 0.0913. The standard InChI is InChI=1S/C41H46N4O6/c1-30(42-27-38(46)37(26-33-18-10-5-11-19-33)45(3)41(49)51-29-35-22-14-7-15-23-35)24-31(2)43-39(47)36(25-32-16-8-4-9-17-32)44-40(48)50-28-34-20-12-6-13-21-34/h4-23,30-31,36-37,42H,3,24-29H2,1-2H3,(H-,43,44,47,48)/p+1. The summed E-state index contributed by atoms with van der Waals surface area (Å²) in [4.78, 5) is 52.7. The van der Waals surface area contributed by atoms with Crippen LogP contribution in [0.25, 0.3) is 0 Å². The Balaban J connectivity index is 1.31. The maximum atomic E-state index is 13.6. The topological polar surface area (TPSA) is 126 Å². The molecule has 0 spiro atoms. The van der Waals surface area contributed by atoms with E-state index in [1.807, 2.05) is 135 Å². The van der Waals surface area contributed by atoms with Crippen LogP contribution in [0, 0.1) is 0 Å². The Kier molecular flexibility index (Phi) is 15.1. The lowest BCUT2D eigenvalue weighted by molar-refractivity contribution is -0.466. The fourth-order valence-electron chi connectivity index (χ4n) is 5.54. The SMILES string of the molecule is C=[N+](C(=O)OCc1ccccc1)C(Cc1ccccc1)C(=O)CNC(C)CC(C)NC(=O)C(Cc1ccccc1)NC(=O)OCc1ccccc1. The second-order valence-electron chi connectivity index (χ2n) is 12.6. The Bertz CT molecular complexity index is 1700. The number of amides is 3. The minimum Gasteiger partial charge on any atom is -0.445 e. The van der Waals surface area contributed by atoms with Gasteiger partial charge in [0.05, 0.1) is 6.54 Å². The van der Waals surface area contributed by atoms with Gasteiger partial charge in [-0.1, -0.05) is 121 Å². The van der Waals surface area contributed by atoms with Crippen molar-refractivity contribution in [1.29, 1.82) is 0 Å². The number of carbonyl (C=O) groups is 4. The fraction of sp³-hybridized carbons (Fsp3) is 0.293. The summed E-state index contributed by atoms with van der Waals surface area (Å²) in [5.74, 6) is -0.578. The van der Waals surface area contributed by atoms with Crippen LogP contribution in [0.1, 0.15) is 42.5 Å². The first-order valence-electron chi connectivity index (χ1n) is 17.1. The van der Waals surface area contributed by atoms with E-state index in [4.69, 9.17) is 9.47 Å². The number of nitrogens with one attached hydrogen (secondary N) is 3. The highest BCUT2D eigenvalue weighted by Crippen LogP contribution is 2.11. The van der Waals surface area contributed by atoms with E-state index in [9.17, 15) is 19.2 Å². The van der Waals surface area contributed by atoms with Crippen molar-refractivity contribution in [3.8, 4) is 0 Å². The third-order valence-corrected chi connectivity index (χ3v) is 8.28. The maximum Gasteiger partial charge on any atom is 0.596 e. The molecule has 51 heavy (non-hydrogen) atoms. The summed E-state index contributed by atoms with van der Waals surface area (Å²) in [7, 11) is 0. The molecule has 4 aromatic carbocycles. The Hall–Kier alpha value is -5.61. The van der Waals surface area contributed by atoms with E-state index in [1.165, 1.54) is 0 Å². The van der Waals surface area contributed by atoms with E-state index in [2.05, 4.69) is 22.7 Å². The number of nitrogens with zero attached hydrogens (tertiary/aromatic N) is 1. The number of ether oxygens (including phenoxy) is 2. The third-order valence-electron chi connectivity index (χ3n) is 8.28. The molecule has 0 saturated heterocycles. The summed E-state index contributed by atoms with van der Waals surface area (Å²) >= 11 is 0. The molecule has 0 fully saturated rings. The zero-order valence-electron chi connectivity index (χ0n) is 29.2. The van der Waals surface area contributed by atoms with Gasteiger partial charge in [-0.25, -0.2) is 4.79 Å². The number of Topliss-reactive ketones (excluding diaryl/α,β-unsaturated/α-hetero) is 1. The lowest BCUT2D eigenvalue weighted by Gasteiger charge is -2.24. The van der Waals surface area contributed by atoms with Crippen molar-refractivity contribution in [1.82, 2.24) is 16.0 Å². The van der Waals surface area contributed by atoms with E-state index >= 15 is 0 Å². The van der Waals surface area contributed by atoms with Crippen LogP contribution >= 0.6 is 0 Å². The molecule has 0 aromatic heterocycles. The number of alkyl carbamates (subject to hydrolysis) is 1. The highest BCUT2D eigenvalue weighted by atomic mass is 16.6. The van der Waals surface area contributed by atoms with Crippen molar-refractivity contribution >= 4 is 30.6 Å². The zero-order valence-corrected chi connectivity index (χ0v) is 29.2. The van der Waals surface area contributed by atoms with Crippen molar-refractivity contribution in [2.24, 2.45) is 0 Å². The lowest BCUT2D eigenvalue weighted by atomic mass is 10.0. The Morgan fingerprint density at radius 1 is 0.627 bits per heavy atom. The van der Waals surface area contributed by atoms with Crippen LogP contribution in [-0.2, 0) is 45.1 Å². The number of carbonyl (C=O) groups excluding carboxylic acids is 4. The second-order valence-corrected chi connectivity index (χ2v) is 12.6. The first kappa shape index (κ1) is 38.2. The summed E-state index contributed by atoms with van der Waals surface area (Å²) in [6.45, 7) is 7.79. The van der Waals surface area contributed by atoms with E-state index in [1.54, 1.807) is 0 Å². The molecule has 4 rings (SSSR count). The summed E-state index contributed by atoms with van der Waals surface area (Å²) in [6, 6.07) is 35.2. The first-order valence-corrected chi connectivity index (χ1v) is 17.1. The molecular weight excluding hydrogens is 644 g/mol. The Morgan fingerprint density at radius 3 is 1.63 bits per heavy atom. The molecular formula is C41H47N4O6+. The van der Waals surface area contributed by atoms with Gasteiger partial charge in [0.1, 0.15) is 26.0 Å². The van der Waals surface area contributed by atoms with E-state index in [-0.39, 0.29) is 56.4 Å². The van der Waals surface area contributed by atoms with Crippen molar-refractivity contribution in [3.63, 3.8) is 0 Å². The van der Waals surface area contributed by atoms with Gasteiger partial charge in [-0.05, 0) is 42.5 Å². The molecule has 4 unspecified atom stereocenters. The molecule has 0 saturated carbocycles. The van der Waals surface area contributed by atoms with Crippen LogP contribution < -0.4 is 16.0 Å². The number of benzene rings is 4. The van der Waals surface area contributed by atoms with Gasteiger partial charge in [0.15, 0.2) is 0 Å². The molecule has 0 aliphatic heterocycles. The summed E-state index contributed by atoms with van der Waals surface area (Å²) in [5.41, 5.74) is 3.43. The smallest absolute Gasteiger partial charge is 0.445 e. The molecule has 0 heterocycles. The normalized spacial score (nSPS) is 13.1. The van der Waals surface area contributed by atoms with Gasteiger partial charge in [0.2, 0.25) is 17.7 Å². The third kappa shape index (κ3) is 13.3. The predicted molar refractivity (Wildman–Crippen MR) is 196 cm³/mol. The maximum absolute atomic E-state index is 13.6. The highest BCUT2D eigenvalue weighted by molar-refractivity contribution is 5.87. The Morgan fingerprint density at radius 2 is 1.10 bits per heavy atom. The van der Waals surface area contributed by atoms with Crippen LogP contribution in [-0.4, -0.2) is 65.9 Å². The van der Waals surface area contributed by atoms with Gasteiger partial charge in [-0.2, -0.15) is 4.79 Å². The van der Waals surface area contributed by atoms with Gasteiger partial charge in [0, 0.05) is 24.9 Å². The summed E-state index contributed by atoms with van der Waals surface area (Å²) < 4.78 is 12.0. The molecule has 4 aromatic rings. The molecule has 0 radical (unpaired) electrons. The minimum absolute atomic E-state index is 0.0250. The van der Waals surface area contributed by atoms with Crippen molar-refractivity contribution in [2.45, 2.75) is 70.5 Å². The number of rotatable bonds is 18. The van der Waals surface area contributed by atoms with Crippen molar-refractivity contribution in [2.75, 3.05) is 6.54 Å². The molecule has 266 valence electrons. The largest absolute Gasteiger partial charge is 0.596 e. The van der Waals surface area contributed by atoms with Crippen LogP contribution in [0.3, 0.4) is 0 Å². The van der Waals surface area contributed by atoms with Gasteiger partial charge in [-0.15, -0.1) is 4.58 Å². The van der Waals surface area contributed by atoms with Crippen LogP contribution in [0.2, 0.25) is 0 Å². The monoisotopic (exact) mass is 691 g/mol. The van der Waals surface area contributed by atoms with E-state index in [0.29, 0.717) is 6.42 Å². The van der Waals surface area contributed by atoms with Gasteiger partial charge in [0.25, 0.3) is 0 Å².